The molecule has 0 aromatic carbocycles. The highest BCUT2D eigenvalue weighted by molar-refractivity contribution is 5.84. The van der Waals surface area contributed by atoms with E-state index in [4.69, 9.17) is 0 Å². The summed E-state index contributed by atoms with van der Waals surface area (Å²) in [5.41, 5.74) is 6.02. The van der Waals surface area contributed by atoms with Gasteiger partial charge in [-0.2, -0.15) is 0 Å². The first-order valence-electron chi connectivity index (χ1n) is 10.7. The molecule has 2 heteroatoms. The molecule has 0 unspecified atom stereocenters. The van der Waals surface area contributed by atoms with Gasteiger partial charge in [0.15, 0.2) is 0 Å². The second-order valence-electron chi connectivity index (χ2n) is 7.85. The van der Waals surface area contributed by atoms with Crippen LogP contribution in [0, 0.1) is 0 Å². The van der Waals surface area contributed by atoms with E-state index in [-0.39, 0.29) is 5.57 Å². The molecule has 32 heavy (non-hydrogen) atoms. The Morgan fingerprint density at radius 1 is 0.469 bits per heavy atom. The third-order valence-corrected chi connectivity index (χ3v) is 4.08. The van der Waals surface area contributed by atoms with E-state index in [9.17, 15) is 9.90 Å². The van der Waals surface area contributed by atoms with Crippen LogP contribution in [0.25, 0.3) is 0 Å². The number of carboxylic acid groups (broad SMARTS) is 1. The van der Waals surface area contributed by atoms with Crippen LogP contribution in [0.4, 0.5) is 0 Å². The van der Waals surface area contributed by atoms with Crippen molar-refractivity contribution in [3.05, 3.63) is 131 Å². The monoisotopic (exact) mass is 429 g/mol. The molecule has 0 saturated carbocycles. The third-order valence-electron chi connectivity index (χ3n) is 4.08. The zero-order valence-electron chi connectivity index (χ0n) is 20.6. The van der Waals surface area contributed by atoms with Crippen molar-refractivity contribution < 1.29 is 9.90 Å². The Bertz CT molecular complexity index is 943. The van der Waals surface area contributed by atoms with E-state index in [2.05, 4.69) is 70.2 Å². The van der Waals surface area contributed by atoms with Gasteiger partial charge in [-0.3, -0.25) is 0 Å². The Kier molecular flexibility index (Phi) is 15.5. The molecular formula is C30H37O2-. The summed E-state index contributed by atoms with van der Waals surface area (Å²) in [5, 5.41) is 10.6. The lowest BCUT2D eigenvalue weighted by molar-refractivity contribution is -0.299. The van der Waals surface area contributed by atoms with Gasteiger partial charge >= 0.3 is 0 Å². The number of hydrogen-bond donors (Lipinski definition) is 0. The molecule has 0 saturated heterocycles. The Morgan fingerprint density at radius 3 is 1.12 bits per heavy atom. The molecule has 0 fully saturated rings. The lowest BCUT2D eigenvalue weighted by Gasteiger charge is -1.97. The van der Waals surface area contributed by atoms with Crippen LogP contribution in [0.15, 0.2) is 131 Å². The minimum Gasteiger partial charge on any atom is -0.545 e. The lowest BCUT2D eigenvalue weighted by Crippen LogP contribution is -2.22. The van der Waals surface area contributed by atoms with Crippen molar-refractivity contribution in [3.8, 4) is 0 Å². The SMILES string of the molecule is CC(C)=C/C=C/C(C)=C/C=C/C(C)=C/C=C/C=C(C)/C=C/C=C(C)/C=C/C=C(\C)C(=O)[O-]. The zero-order valence-corrected chi connectivity index (χ0v) is 20.6. The maximum absolute atomic E-state index is 10.6. The van der Waals surface area contributed by atoms with Crippen molar-refractivity contribution in [2.75, 3.05) is 0 Å². The minimum absolute atomic E-state index is 0.203. The van der Waals surface area contributed by atoms with Crippen molar-refractivity contribution >= 4 is 5.97 Å². The van der Waals surface area contributed by atoms with Crippen molar-refractivity contribution in [2.24, 2.45) is 0 Å². The van der Waals surface area contributed by atoms with Gasteiger partial charge in [0, 0.05) is 0 Å². The van der Waals surface area contributed by atoms with Crippen LogP contribution in [-0.4, -0.2) is 5.97 Å². The molecule has 170 valence electrons. The summed E-state index contributed by atoms with van der Waals surface area (Å²) in [7, 11) is 0. The van der Waals surface area contributed by atoms with Crippen LogP contribution in [0.3, 0.4) is 0 Å². The Hall–Kier alpha value is -3.39. The fourth-order valence-electron chi connectivity index (χ4n) is 2.14. The molecule has 0 spiro atoms. The van der Waals surface area contributed by atoms with Crippen molar-refractivity contribution in [1.82, 2.24) is 0 Å². The summed E-state index contributed by atoms with van der Waals surface area (Å²) in [6.45, 7) is 13.8. The number of carbonyl (C=O) groups is 1. The molecule has 0 aromatic heterocycles. The molecule has 0 radical (unpaired) electrons. The number of hydrogen-bond acceptors (Lipinski definition) is 2. The Balaban J connectivity index is 4.73. The van der Waals surface area contributed by atoms with Crippen molar-refractivity contribution in [2.45, 2.75) is 48.5 Å². The van der Waals surface area contributed by atoms with Gasteiger partial charge in [0.05, 0.1) is 5.97 Å². The summed E-state index contributed by atoms with van der Waals surface area (Å²) >= 11 is 0. The molecule has 0 aliphatic heterocycles. The van der Waals surface area contributed by atoms with E-state index in [1.807, 2.05) is 56.4 Å². The highest BCUT2D eigenvalue weighted by atomic mass is 16.4. The topological polar surface area (TPSA) is 40.1 Å². The molecule has 0 aromatic rings. The summed E-state index contributed by atoms with van der Waals surface area (Å²) in [5.74, 6) is -1.15. The van der Waals surface area contributed by atoms with Gasteiger partial charge in [-0.05, 0) is 54.0 Å². The van der Waals surface area contributed by atoms with Crippen molar-refractivity contribution in [1.29, 1.82) is 0 Å². The first-order chi connectivity index (χ1) is 15.1. The quantitative estimate of drug-likeness (QED) is 0.257. The molecule has 0 N–H and O–H groups in total. The van der Waals surface area contributed by atoms with Gasteiger partial charge in [-0.1, -0.05) is 125 Å². The molecule has 0 bridgehead atoms. The molecule has 0 rings (SSSR count). The van der Waals surface area contributed by atoms with E-state index in [1.165, 1.54) is 29.7 Å². The predicted molar refractivity (Wildman–Crippen MR) is 139 cm³/mol. The molecule has 0 aliphatic carbocycles. The van der Waals surface area contributed by atoms with Crippen LogP contribution in [0.5, 0.6) is 0 Å². The predicted octanol–water partition coefficient (Wildman–Crippen LogP) is 7.22. The van der Waals surface area contributed by atoms with Gasteiger partial charge in [0.25, 0.3) is 0 Å². The first kappa shape index (κ1) is 28.6. The molecule has 0 heterocycles. The fraction of sp³-hybridized carbons (Fsp3) is 0.233. The number of aliphatic carboxylic acids is 1. The van der Waals surface area contributed by atoms with Crippen LogP contribution >= 0.6 is 0 Å². The normalized spacial score (nSPS) is 15.3. The average molecular weight is 430 g/mol. The number of rotatable bonds is 11. The van der Waals surface area contributed by atoms with E-state index < -0.39 is 5.97 Å². The average Bonchev–Trinajstić information content (AvgIpc) is 2.70. The first-order valence-corrected chi connectivity index (χ1v) is 10.7. The van der Waals surface area contributed by atoms with E-state index in [0.717, 1.165) is 11.1 Å². The van der Waals surface area contributed by atoms with Crippen LogP contribution in [-0.2, 0) is 4.79 Å². The standard InChI is InChI=1S/C30H38O2/c1-24(2)14-10-17-27(5)20-11-18-25(3)15-8-9-16-26(4)19-12-21-28(6)22-13-23-29(7)30(31)32/h8-23H,1-7H3,(H,31,32)/p-1/b9-8+,17-10+,18-11+,19-12+,22-13+,25-15+,26-16+,27-20+,28-21+,29-23+. The highest BCUT2D eigenvalue weighted by Gasteiger charge is 1.85. The van der Waals surface area contributed by atoms with Gasteiger partial charge in [0.1, 0.15) is 0 Å². The fourth-order valence-corrected chi connectivity index (χ4v) is 2.14. The van der Waals surface area contributed by atoms with E-state index in [0.29, 0.717) is 0 Å². The summed E-state index contributed by atoms with van der Waals surface area (Å²) < 4.78 is 0. The molecule has 0 amide bonds. The summed E-state index contributed by atoms with van der Waals surface area (Å²) in [6.07, 6.45) is 31.7. The minimum atomic E-state index is -1.15. The molecule has 2 nitrogen and oxygen atoms in total. The van der Waals surface area contributed by atoms with Gasteiger partial charge in [0.2, 0.25) is 0 Å². The van der Waals surface area contributed by atoms with E-state index in [1.54, 1.807) is 6.08 Å². The number of allylic oxidation sites excluding steroid dienone is 21. The molecule has 0 atom stereocenters. The second kappa shape index (κ2) is 17.3. The Morgan fingerprint density at radius 2 is 0.781 bits per heavy atom. The summed E-state index contributed by atoms with van der Waals surface area (Å²) in [4.78, 5) is 10.6. The number of carbonyl (C=O) groups excluding carboxylic acids is 1. The zero-order chi connectivity index (χ0) is 24.4. The van der Waals surface area contributed by atoms with Crippen LogP contribution in [0.1, 0.15) is 48.5 Å². The van der Waals surface area contributed by atoms with Gasteiger partial charge in [-0.25, -0.2) is 0 Å². The largest absolute Gasteiger partial charge is 0.545 e. The number of carboxylic acids is 1. The smallest absolute Gasteiger partial charge is 0.0672 e. The molecular weight excluding hydrogens is 392 g/mol. The maximum atomic E-state index is 10.6. The Labute approximate surface area is 195 Å². The second-order valence-corrected chi connectivity index (χ2v) is 7.85. The van der Waals surface area contributed by atoms with Crippen LogP contribution in [0.2, 0.25) is 0 Å². The van der Waals surface area contributed by atoms with Gasteiger partial charge in [-0.15, -0.1) is 0 Å². The van der Waals surface area contributed by atoms with Crippen molar-refractivity contribution in [3.63, 3.8) is 0 Å². The maximum Gasteiger partial charge on any atom is 0.0672 e. The molecule has 0 aliphatic rings. The van der Waals surface area contributed by atoms with E-state index >= 15 is 0 Å². The van der Waals surface area contributed by atoms with Crippen LogP contribution < -0.4 is 5.11 Å². The summed E-state index contributed by atoms with van der Waals surface area (Å²) in [6, 6.07) is 0. The lowest BCUT2D eigenvalue weighted by atomic mass is 10.2. The van der Waals surface area contributed by atoms with Gasteiger partial charge < -0.3 is 9.90 Å². The third kappa shape index (κ3) is 17.5. The highest BCUT2D eigenvalue weighted by Crippen LogP contribution is 2.03.